The lowest BCUT2D eigenvalue weighted by Crippen LogP contribution is -2.33. The number of esters is 1. The van der Waals surface area contributed by atoms with Crippen LogP contribution in [-0.2, 0) is 14.3 Å². The summed E-state index contributed by atoms with van der Waals surface area (Å²) in [5, 5.41) is 9.36. The van der Waals surface area contributed by atoms with Gasteiger partial charge in [-0.25, -0.2) is 0 Å². The molecule has 0 aromatic carbocycles. The minimum atomic E-state index is -1.55. The highest BCUT2D eigenvalue weighted by atomic mass is 16.5. The van der Waals surface area contributed by atoms with Crippen LogP contribution in [0.5, 0.6) is 0 Å². The van der Waals surface area contributed by atoms with Gasteiger partial charge in [-0.05, 0) is 13.3 Å². The average molecular weight is 174 g/mol. The molecular weight excluding hydrogens is 160 g/mol. The molecule has 0 aromatic rings. The lowest BCUT2D eigenvalue weighted by Gasteiger charge is -2.17. The molecule has 0 spiro atoms. The Balaban J connectivity index is 4.02. The third-order valence-corrected chi connectivity index (χ3v) is 1.59. The molecule has 0 aliphatic carbocycles. The maximum atomic E-state index is 10.8. The Bertz CT molecular complexity index is 166. The molecule has 0 saturated heterocycles. The Morgan fingerprint density at radius 1 is 1.58 bits per heavy atom. The zero-order valence-electron chi connectivity index (χ0n) is 7.37. The van der Waals surface area contributed by atoms with Crippen LogP contribution in [0.4, 0.5) is 0 Å². The van der Waals surface area contributed by atoms with Gasteiger partial charge in [0, 0.05) is 0 Å². The van der Waals surface area contributed by atoms with Crippen LogP contribution >= 0.6 is 0 Å². The van der Waals surface area contributed by atoms with Crippen molar-refractivity contribution in [2.45, 2.75) is 32.3 Å². The second-order valence-electron chi connectivity index (χ2n) is 2.56. The molecule has 4 nitrogen and oxygen atoms in total. The van der Waals surface area contributed by atoms with Crippen molar-refractivity contribution < 1.29 is 19.4 Å². The van der Waals surface area contributed by atoms with Crippen molar-refractivity contribution >= 4 is 12.3 Å². The number of carbonyl (C=O) groups excluding carboxylic acids is 2. The molecule has 0 amide bonds. The van der Waals surface area contributed by atoms with E-state index in [0.29, 0.717) is 6.29 Å². The van der Waals surface area contributed by atoms with Crippen LogP contribution in [0.25, 0.3) is 0 Å². The predicted octanol–water partition coefficient (Wildman–Crippen LogP) is 0.280. The number of ether oxygens (including phenoxy) is 1. The molecule has 1 N–H and O–H groups in total. The SMILES string of the molecule is CCOC(=O)CC(O)(C=O)CC. The molecule has 70 valence electrons. The molecule has 12 heavy (non-hydrogen) atoms. The van der Waals surface area contributed by atoms with E-state index >= 15 is 0 Å². The Morgan fingerprint density at radius 3 is 2.50 bits per heavy atom. The smallest absolute Gasteiger partial charge is 0.309 e. The second-order valence-corrected chi connectivity index (χ2v) is 2.56. The number of aldehydes is 1. The summed E-state index contributed by atoms with van der Waals surface area (Å²) in [4.78, 5) is 21.2. The zero-order valence-corrected chi connectivity index (χ0v) is 7.37. The Morgan fingerprint density at radius 2 is 2.17 bits per heavy atom. The van der Waals surface area contributed by atoms with E-state index in [1.807, 2.05) is 0 Å². The highest BCUT2D eigenvalue weighted by Crippen LogP contribution is 2.12. The number of hydrogen-bond acceptors (Lipinski definition) is 4. The van der Waals surface area contributed by atoms with Gasteiger partial charge in [-0.2, -0.15) is 0 Å². The standard InChI is InChI=1S/C8H14O4/c1-3-8(11,6-9)5-7(10)12-4-2/h6,11H,3-5H2,1-2H3. The zero-order chi connectivity index (χ0) is 9.61. The van der Waals surface area contributed by atoms with Crippen LogP contribution in [-0.4, -0.2) is 29.6 Å². The molecule has 0 heterocycles. The van der Waals surface area contributed by atoms with Gasteiger partial charge in [0.05, 0.1) is 13.0 Å². The first kappa shape index (κ1) is 11.1. The van der Waals surface area contributed by atoms with Gasteiger partial charge in [-0.15, -0.1) is 0 Å². The van der Waals surface area contributed by atoms with Crippen molar-refractivity contribution in [2.24, 2.45) is 0 Å². The van der Waals surface area contributed by atoms with Crippen molar-refractivity contribution in [3.63, 3.8) is 0 Å². The van der Waals surface area contributed by atoms with Gasteiger partial charge in [0.15, 0.2) is 6.29 Å². The molecule has 1 unspecified atom stereocenters. The van der Waals surface area contributed by atoms with E-state index in [1.165, 1.54) is 0 Å². The molecule has 0 aliphatic rings. The first-order valence-electron chi connectivity index (χ1n) is 3.92. The van der Waals surface area contributed by atoms with Crippen molar-refractivity contribution in [1.29, 1.82) is 0 Å². The lowest BCUT2D eigenvalue weighted by atomic mass is 9.99. The van der Waals surface area contributed by atoms with Crippen molar-refractivity contribution in [3.05, 3.63) is 0 Å². The van der Waals surface area contributed by atoms with E-state index in [1.54, 1.807) is 13.8 Å². The highest BCUT2D eigenvalue weighted by molar-refractivity contribution is 5.77. The largest absolute Gasteiger partial charge is 0.466 e. The molecule has 4 heteroatoms. The molecular formula is C8H14O4. The van der Waals surface area contributed by atoms with Crippen LogP contribution in [0.1, 0.15) is 26.7 Å². The minimum Gasteiger partial charge on any atom is -0.466 e. The van der Waals surface area contributed by atoms with Gasteiger partial charge in [-0.3, -0.25) is 4.79 Å². The summed E-state index contributed by atoms with van der Waals surface area (Å²) in [5.41, 5.74) is -1.55. The number of rotatable bonds is 5. The predicted molar refractivity (Wildman–Crippen MR) is 42.6 cm³/mol. The third-order valence-electron chi connectivity index (χ3n) is 1.59. The minimum absolute atomic E-state index is 0.218. The van der Waals surface area contributed by atoms with E-state index in [0.717, 1.165) is 0 Å². The number of carbonyl (C=O) groups is 2. The van der Waals surface area contributed by atoms with E-state index in [9.17, 15) is 14.7 Å². The molecule has 0 fully saturated rings. The fourth-order valence-corrected chi connectivity index (χ4v) is 0.712. The Hall–Kier alpha value is -0.900. The van der Waals surface area contributed by atoms with Crippen LogP contribution in [0.15, 0.2) is 0 Å². The van der Waals surface area contributed by atoms with E-state index in [4.69, 9.17) is 0 Å². The fourth-order valence-electron chi connectivity index (χ4n) is 0.712. The topological polar surface area (TPSA) is 63.6 Å². The average Bonchev–Trinajstić information content (AvgIpc) is 2.05. The van der Waals surface area contributed by atoms with Gasteiger partial charge >= 0.3 is 5.97 Å². The van der Waals surface area contributed by atoms with Gasteiger partial charge in [0.25, 0.3) is 0 Å². The van der Waals surface area contributed by atoms with Crippen LogP contribution < -0.4 is 0 Å². The van der Waals surface area contributed by atoms with Crippen molar-refractivity contribution in [1.82, 2.24) is 0 Å². The van der Waals surface area contributed by atoms with Gasteiger partial charge in [0.1, 0.15) is 5.60 Å². The van der Waals surface area contributed by atoms with Crippen molar-refractivity contribution in [2.75, 3.05) is 6.61 Å². The van der Waals surface area contributed by atoms with Gasteiger partial charge in [-0.1, -0.05) is 6.92 Å². The van der Waals surface area contributed by atoms with Crippen LogP contribution in [0.3, 0.4) is 0 Å². The normalized spacial score (nSPS) is 14.9. The summed E-state index contributed by atoms with van der Waals surface area (Å²) in [6, 6.07) is 0. The Kier molecular flexibility index (Phi) is 4.51. The molecule has 0 saturated carbocycles. The molecule has 0 aromatic heterocycles. The van der Waals surface area contributed by atoms with E-state index < -0.39 is 11.6 Å². The quantitative estimate of drug-likeness (QED) is 0.480. The third kappa shape index (κ3) is 3.48. The second kappa shape index (κ2) is 4.87. The van der Waals surface area contributed by atoms with Gasteiger partial charge < -0.3 is 14.6 Å². The first-order valence-corrected chi connectivity index (χ1v) is 3.92. The monoisotopic (exact) mass is 174 g/mol. The molecule has 0 rings (SSSR count). The molecule has 0 radical (unpaired) electrons. The molecule has 0 bridgehead atoms. The van der Waals surface area contributed by atoms with Crippen molar-refractivity contribution in [3.8, 4) is 0 Å². The summed E-state index contributed by atoms with van der Waals surface area (Å²) in [7, 11) is 0. The summed E-state index contributed by atoms with van der Waals surface area (Å²) < 4.78 is 4.58. The first-order chi connectivity index (χ1) is 5.58. The summed E-state index contributed by atoms with van der Waals surface area (Å²) in [6.45, 7) is 3.56. The summed E-state index contributed by atoms with van der Waals surface area (Å²) >= 11 is 0. The lowest BCUT2D eigenvalue weighted by molar-refractivity contribution is -0.151. The highest BCUT2D eigenvalue weighted by Gasteiger charge is 2.27. The van der Waals surface area contributed by atoms with Gasteiger partial charge in [0.2, 0.25) is 0 Å². The summed E-state index contributed by atoms with van der Waals surface area (Å²) in [6.07, 6.45) is 0.333. The van der Waals surface area contributed by atoms with E-state index in [2.05, 4.69) is 4.74 Å². The summed E-state index contributed by atoms with van der Waals surface area (Å²) in [5.74, 6) is -0.547. The number of hydrogen-bond donors (Lipinski definition) is 1. The maximum absolute atomic E-state index is 10.8. The maximum Gasteiger partial charge on any atom is 0.309 e. The Labute approximate surface area is 71.5 Å². The van der Waals surface area contributed by atoms with E-state index in [-0.39, 0.29) is 19.4 Å². The fraction of sp³-hybridized carbons (Fsp3) is 0.750. The van der Waals surface area contributed by atoms with Crippen LogP contribution in [0, 0.1) is 0 Å². The molecule has 1 atom stereocenters. The molecule has 0 aliphatic heterocycles. The number of aliphatic hydroxyl groups is 1. The van der Waals surface area contributed by atoms with Crippen LogP contribution in [0.2, 0.25) is 0 Å².